The Morgan fingerprint density at radius 1 is 1.07 bits per heavy atom. The van der Waals surface area contributed by atoms with Gasteiger partial charge in [0, 0.05) is 5.56 Å². The fraction of sp³-hybridized carbons (Fsp3) is 0.130. The summed E-state index contributed by atoms with van der Waals surface area (Å²) in [5.41, 5.74) is 2.16. The van der Waals surface area contributed by atoms with Crippen molar-refractivity contribution in [3.8, 4) is 5.75 Å². The predicted octanol–water partition coefficient (Wildman–Crippen LogP) is 5.63. The number of nitrogens with zero attached hydrogens (tertiary/aromatic N) is 1. The van der Waals surface area contributed by atoms with Crippen molar-refractivity contribution in [2.75, 3.05) is 6.61 Å². The fourth-order valence-corrected chi connectivity index (χ4v) is 2.81. The van der Waals surface area contributed by atoms with Gasteiger partial charge in [-0.2, -0.15) is 0 Å². The second-order valence-electron chi connectivity index (χ2n) is 6.26. The number of hydrogen-bond acceptors (Lipinski definition) is 5. The number of rotatable bonds is 7. The molecule has 0 unspecified atom stereocenters. The Labute approximate surface area is 162 Å². The third-order valence-electron chi connectivity index (χ3n) is 4.19. The summed E-state index contributed by atoms with van der Waals surface area (Å²) in [7, 11) is 0. The maximum absolute atomic E-state index is 13.2. The molecular formula is C23H19NO4. The minimum atomic E-state index is -0.204. The molecule has 0 spiro atoms. The summed E-state index contributed by atoms with van der Waals surface area (Å²) in [5, 5.41) is 0. The minimum Gasteiger partial charge on any atom is -0.494 e. The molecule has 0 amide bonds. The molecule has 0 radical (unpaired) electrons. The van der Waals surface area contributed by atoms with Crippen molar-refractivity contribution < 1.29 is 18.4 Å². The maximum atomic E-state index is 13.2. The molecule has 5 nitrogen and oxygen atoms in total. The number of aromatic nitrogens is 1. The summed E-state index contributed by atoms with van der Waals surface area (Å²) in [5.74, 6) is 1.34. The lowest BCUT2D eigenvalue weighted by Gasteiger charge is -2.06. The van der Waals surface area contributed by atoms with Crippen LogP contribution in [-0.4, -0.2) is 17.4 Å². The Balaban J connectivity index is 1.72. The van der Waals surface area contributed by atoms with Gasteiger partial charge in [0.05, 0.1) is 18.4 Å². The van der Waals surface area contributed by atoms with Crippen molar-refractivity contribution in [3.05, 3.63) is 84.1 Å². The van der Waals surface area contributed by atoms with E-state index in [0.717, 1.165) is 12.2 Å². The van der Waals surface area contributed by atoms with Crippen LogP contribution in [0.5, 0.6) is 5.75 Å². The highest BCUT2D eigenvalue weighted by Crippen LogP contribution is 2.27. The van der Waals surface area contributed by atoms with Gasteiger partial charge in [-0.3, -0.25) is 4.79 Å². The Morgan fingerprint density at radius 3 is 2.61 bits per heavy atom. The first kappa shape index (κ1) is 17.8. The second kappa shape index (κ2) is 7.96. The fourth-order valence-electron chi connectivity index (χ4n) is 2.81. The molecule has 0 saturated carbocycles. The molecule has 5 heteroatoms. The number of ether oxygens (including phenoxy) is 1. The van der Waals surface area contributed by atoms with Crippen molar-refractivity contribution in [2.45, 2.75) is 13.3 Å². The standard InChI is InChI=1S/C23H19NO4/c1-2-13-26-17-11-9-16(10-12-17)22(25)19(15-18-6-5-14-27-18)23-24-20-7-3-4-8-21(20)28-23/h3-12,14-15H,2,13H2,1H3. The van der Waals surface area contributed by atoms with Gasteiger partial charge in [-0.1, -0.05) is 19.1 Å². The van der Waals surface area contributed by atoms with Crippen molar-refractivity contribution >= 4 is 28.5 Å². The zero-order valence-corrected chi connectivity index (χ0v) is 15.4. The molecule has 140 valence electrons. The molecule has 0 atom stereocenters. The summed E-state index contributed by atoms with van der Waals surface area (Å²) in [6.07, 6.45) is 4.13. The molecule has 2 heterocycles. The summed E-state index contributed by atoms with van der Waals surface area (Å²) >= 11 is 0. The molecule has 0 aliphatic rings. The SMILES string of the molecule is CCCOc1ccc(C(=O)C(=Cc2ccco2)c2nc3ccccc3o2)cc1. The first-order valence-electron chi connectivity index (χ1n) is 9.13. The van der Waals surface area contributed by atoms with Gasteiger partial charge in [0.1, 0.15) is 17.0 Å². The van der Waals surface area contributed by atoms with Gasteiger partial charge in [0.25, 0.3) is 0 Å². The van der Waals surface area contributed by atoms with E-state index in [1.165, 1.54) is 0 Å². The summed E-state index contributed by atoms with van der Waals surface area (Å²) in [6.45, 7) is 2.68. The highest BCUT2D eigenvalue weighted by atomic mass is 16.5. The van der Waals surface area contributed by atoms with Gasteiger partial charge >= 0.3 is 0 Å². The van der Waals surface area contributed by atoms with E-state index in [-0.39, 0.29) is 11.7 Å². The monoisotopic (exact) mass is 373 g/mol. The van der Waals surface area contributed by atoms with Crippen LogP contribution in [0.1, 0.15) is 35.4 Å². The molecule has 0 N–H and O–H groups in total. The Kier molecular flexibility index (Phi) is 5.06. The van der Waals surface area contributed by atoms with Crippen molar-refractivity contribution in [3.63, 3.8) is 0 Å². The van der Waals surface area contributed by atoms with Crippen LogP contribution in [0.15, 0.2) is 75.8 Å². The molecular weight excluding hydrogens is 354 g/mol. The van der Waals surface area contributed by atoms with Crippen molar-refractivity contribution in [1.29, 1.82) is 0 Å². The zero-order chi connectivity index (χ0) is 19.3. The Bertz CT molecular complexity index is 1070. The van der Waals surface area contributed by atoms with Crippen LogP contribution in [0.4, 0.5) is 0 Å². The third-order valence-corrected chi connectivity index (χ3v) is 4.19. The van der Waals surface area contributed by atoms with E-state index in [1.54, 1.807) is 48.7 Å². The number of oxazole rings is 1. The smallest absolute Gasteiger partial charge is 0.231 e. The molecule has 0 fully saturated rings. The molecule has 28 heavy (non-hydrogen) atoms. The molecule has 0 aliphatic carbocycles. The average Bonchev–Trinajstić information content (AvgIpc) is 3.39. The maximum Gasteiger partial charge on any atom is 0.231 e. The number of carbonyl (C=O) groups is 1. The number of benzene rings is 2. The van der Waals surface area contributed by atoms with Crippen LogP contribution in [0, 0.1) is 0 Å². The lowest BCUT2D eigenvalue weighted by molar-refractivity contribution is 0.105. The van der Waals surface area contributed by atoms with Crippen LogP contribution < -0.4 is 4.74 Å². The quantitative estimate of drug-likeness (QED) is 0.310. The van der Waals surface area contributed by atoms with Crippen molar-refractivity contribution in [2.24, 2.45) is 0 Å². The van der Waals surface area contributed by atoms with Gasteiger partial charge in [-0.15, -0.1) is 0 Å². The zero-order valence-electron chi connectivity index (χ0n) is 15.4. The Hall–Kier alpha value is -3.60. The van der Waals surface area contributed by atoms with Gasteiger partial charge in [0.2, 0.25) is 5.89 Å². The van der Waals surface area contributed by atoms with Crippen molar-refractivity contribution in [1.82, 2.24) is 4.98 Å². The topological polar surface area (TPSA) is 65.5 Å². The first-order valence-corrected chi connectivity index (χ1v) is 9.13. The van der Waals surface area contributed by atoms with E-state index in [4.69, 9.17) is 13.6 Å². The normalized spacial score (nSPS) is 11.7. The lowest BCUT2D eigenvalue weighted by Crippen LogP contribution is -2.03. The van der Waals surface area contributed by atoms with Gasteiger partial charge in [-0.05, 0) is 61.0 Å². The summed E-state index contributed by atoms with van der Waals surface area (Å²) < 4.78 is 16.8. The van der Waals surface area contributed by atoms with Crippen LogP contribution >= 0.6 is 0 Å². The summed E-state index contributed by atoms with van der Waals surface area (Å²) in [4.78, 5) is 17.7. The van der Waals surface area contributed by atoms with E-state index in [0.29, 0.717) is 34.6 Å². The molecule has 0 aliphatic heterocycles. The average molecular weight is 373 g/mol. The van der Waals surface area contributed by atoms with Crippen LogP contribution in [0.25, 0.3) is 22.7 Å². The molecule has 2 aromatic carbocycles. The third kappa shape index (κ3) is 3.74. The Morgan fingerprint density at radius 2 is 1.89 bits per heavy atom. The van der Waals surface area contributed by atoms with E-state index in [2.05, 4.69) is 4.98 Å². The van der Waals surface area contributed by atoms with Crippen LogP contribution in [0.3, 0.4) is 0 Å². The predicted molar refractivity (Wildman–Crippen MR) is 107 cm³/mol. The number of ketones is 1. The number of Topliss-reactive ketones (excluding diaryl/α,β-unsaturated/α-hetero) is 1. The molecule has 0 saturated heterocycles. The highest BCUT2D eigenvalue weighted by Gasteiger charge is 2.21. The van der Waals surface area contributed by atoms with E-state index in [9.17, 15) is 4.79 Å². The van der Waals surface area contributed by atoms with E-state index >= 15 is 0 Å². The van der Waals surface area contributed by atoms with Crippen LogP contribution in [0.2, 0.25) is 0 Å². The molecule has 2 aromatic heterocycles. The van der Waals surface area contributed by atoms with Gasteiger partial charge in [0.15, 0.2) is 11.4 Å². The molecule has 0 bridgehead atoms. The number of para-hydroxylation sites is 2. The number of fused-ring (bicyclic) bond motifs is 1. The van der Waals surface area contributed by atoms with Gasteiger partial charge in [-0.25, -0.2) is 4.98 Å². The van der Waals surface area contributed by atoms with E-state index in [1.807, 2.05) is 31.2 Å². The number of carbonyl (C=O) groups excluding carboxylic acids is 1. The van der Waals surface area contributed by atoms with Gasteiger partial charge < -0.3 is 13.6 Å². The largest absolute Gasteiger partial charge is 0.494 e. The number of hydrogen-bond donors (Lipinski definition) is 0. The van der Waals surface area contributed by atoms with Crippen LogP contribution in [-0.2, 0) is 0 Å². The first-order chi connectivity index (χ1) is 13.7. The number of allylic oxidation sites excluding steroid dienone is 1. The molecule has 4 aromatic rings. The lowest BCUT2D eigenvalue weighted by atomic mass is 10.0. The number of furan rings is 1. The second-order valence-corrected chi connectivity index (χ2v) is 6.26. The minimum absolute atomic E-state index is 0.204. The summed E-state index contributed by atoms with van der Waals surface area (Å²) in [6, 6.07) is 18.0. The highest BCUT2D eigenvalue weighted by molar-refractivity contribution is 6.31. The van der Waals surface area contributed by atoms with E-state index < -0.39 is 0 Å². The molecule has 4 rings (SSSR count).